The number of rotatable bonds is 5. The van der Waals surface area contributed by atoms with Crippen LogP contribution in [-0.4, -0.2) is 40.0 Å². The summed E-state index contributed by atoms with van der Waals surface area (Å²) in [6.45, 7) is 0.420. The Kier molecular flexibility index (Phi) is 5.41. The molecule has 0 unspecified atom stereocenters. The summed E-state index contributed by atoms with van der Waals surface area (Å²) < 4.78 is 20.3. The highest BCUT2D eigenvalue weighted by atomic mass is 32.2. The van der Waals surface area contributed by atoms with Crippen molar-refractivity contribution in [2.45, 2.75) is 30.4 Å². The first-order valence-corrected chi connectivity index (χ1v) is 11.4. The van der Waals surface area contributed by atoms with Crippen LogP contribution in [0.4, 0.5) is 20.6 Å². The molecule has 0 saturated carbocycles. The summed E-state index contributed by atoms with van der Waals surface area (Å²) in [5, 5.41) is 2.90. The van der Waals surface area contributed by atoms with Gasteiger partial charge in [-0.2, -0.15) is 0 Å². The van der Waals surface area contributed by atoms with Gasteiger partial charge in [0.25, 0.3) is 5.56 Å². The van der Waals surface area contributed by atoms with Crippen LogP contribution in [0.5, 0.6) is 0 Å². The Bertz CT molecular complexity index is 1400. The molecule has 0 spiro atoms. The number of halogens is 1. The molecule has 5 rings (SSSR count). The van der Waals surface area contributed by atoms with Crippen molar-refractivity contribution in [2.75, 3.05) is 22.5 Å². The topological polar surface area (TPSA) is 114 Å². The van der Waals surface area contributed by atoms with E-state index in [2.05, 4.69) is 10.3 Å². The lowest BCUT2D eigenvalue weighted by Crippen LogP contribution is -2.35. The summed E-state index contributed by atoms with van der Waals surface area (Å²) in [7, 11) is 0. The minimum absolute atomic E-state index is 0.0896. The van der Waals surface area contributed by atoms with E-state index >= 15 is 0 Å². The van der Waals surface area contributed by atoms with Crippen LogP contribution in [-0.2, 0) is 16.1 Å². The number of thioether (sulfide) groups is 1. The molecule has 2 aromatic carbocycles. The van der Waals surface area contributed by atoms with Gasteiger partial charge < -0.3 is 15.0 Å². The van der Waals surface area contributed by atoms with E-state index in [1.165, 1.54) is 34.9 Å². The fraction of sp³-hybridized carbons (Fsp3) is 0.273. The largest absolute Gasteiger partial charge is 0.444 e. The van der Waals surface area contributed by atoms with Crippen LogP contribution < -0.4 is 21.5 Å². The van der Waals surface area contributed by atoms with Crippen LogP contribution in [0.2, 0.25) is 0 Å². The third kappa shape index (κ3) is 3.99. The Labute approximate surface area is 190 Å². The maximum atomic E-state index is 13.9. The number of fused-ring (bicyclic) bond motifs is 2. The molecular formula is C22H19FN4O5S. The number of nitrogens with one attached hydrogen (secondary N) is 2. The molecule has 1 fully saturated rings. The zero-order chi connectivity index (χ0) is 23.1. The van der Waals surface area contributed by atoms with Gasteiger partial charge in [-0.25, -0.2) is 14.0 Å². The van der Waals surface area contributed by atoms with Gasteiger partial charge in [-0.1, -0.05) is 6.07 Å². The molecule has 11 heteroatoms. The number of H-pyrrole nitrogens is 1. The molecule has 0 radical (unpaired) electrons. The predicted octanol–water partition coefficient (Wildman–Crippen LogP) is 2.68. The molecule has 3 heterocycles. The predicted molar refractivity (Wildman–Crippen MR) is 121 cm³/mol. The number of nitrogens with zero attached hydrogens (tertiary/aromatic N) is 2. The van der Waals surface area contributed by atoms with E-state index < -0.39 is 29.3 Å². The van der Waals surface area contributed by atoms with Gasteiger partial charge in [0.2, 0.25) is 5.91 Å². The molecule has 0 bridgehead atoms. The smallest absolute Gasteiger partial charge is 0.414 e. The highest BCUT2D eigenvalue weighted by Gasteiger charge is 2.32. The number of hydrogen-bond acceptors (Lipinski definition) is 6. The summed E-state index contributed by atoms with van der Waals surface area (Å²) >= 11 is 1.44. The Morgan fingerprint density at radius 3 is 2.85 bits per heavy atom. The van der Waals surface area contributed by atoms with Crippen molar-refractivity contribution in [2.24, 2.45) is 0 Å². The van der Waals surface area contributed by atoms with Gasteiger partial charge in [0.1, 0.15) is 11.9 Å². The fourth-order valence-corrected chi connectivity index (χ4v) is 4.83. The average Bonchev–Trinajstić information content (AvgIpc) is 3.16. The lowest BCUT2D eigenvalue weighted by atomic mass is 10.2. The number of amides is 2. The highest BCUT2D eigenvalue weighted by Crippen LogP contribution is 2.35. The maximum absolute atomic E-state index is 13.9. The number of carbonyl (C=O) groups is 2. The summed E-state index contributed by atoms with van der Waals surface area (Å²) in [4.78, 5) is 53.8. The van der Waals surface area contributed by atoms with E-state index in [1.807, 2.05) is 6.07 Å². The van der Waals surface area contributed by atoms with Crippen LogP contribution in [0.1, 0.15) is 12.8 Å². The molecule has 1 aromatic heterocycles. The first kappa shape index (κ1) is 21.3. The normalized spacial score (nSPS) is 17.7. The second kappa shape index (κ2) is 8.39. The molecule has 0 aliphatic carbocycles. The quantitative estimate of drug-likeness (QED) is 0.593. The molecule has 170 valence electrons. The zero-order valence-corrected chi connectivity index (χ0v) is 18.1. The fourth-order valence-electron chi connectivity index (χ4n) is 4.04. The number of aromatic nitrogens is 2. The molecule has 1 atom stereocenters. The number of para-hydroxylation sites is 1. The van der Waals surface area contributed by atoms with Crippen molar-refractivity contribution >= 4 is 46.0 Å². The van der Waals surface area contributed by atoms with Crippen molar-refractivity contribution in [1.29, 1.82) is 0 Å². The van der Waals surface area contributed by atoms with Crippen LogP contribution in [0, 0.1) is 5.82 Å². The van der Waals surface area contributed by atoms with Gasteiger partial charge in [-0.3, -0.25) is 19.1 Å². The number of anilines is 2. The van der Waals surface area contributed by atoms with Crippen LogP contribution in [0.25, 0.3) is 10.9 Å². The summed E-state index contributed by atoms with van der Waals surface area (Å²) in [5.74, 6) is -0.390. The Morgan fingerprint density at radius 1 is 1.15 bits per heavy atom. The van der Waals surface area contributed by atoms with E-state index in [9.17, 15) is 23.6 Å². The minimum Gasteiger partial charge on any atom is -0.444 e. The summed E-state index contributed by atoms with van der Waals surface area (Å²) in [6, 6.07) is 9.47. The van der Waals surface area contributed by atoms with Gasteiger partial charge in [-0.05, 0) is 43.2 Å². The minimum atomic E-state index is -0.684. The third-order valence-corrected chi connectivity index (χ3v) is 6.73. The van der Waals surface area contributed by atoms with E-state index in [0.29, 0.717) is 36.5 Å². The Balaban J connectivity index is 1.26. The molecule has 3 aromatic rings. The standard InChI is InChI=1S/C22H19FN4O5S/c23-15-5-1-4-14-19(15)25-21(30)26(20(14)29)8-2-3-13-10-27(22(31)32-13)12-6-7-17-16(9-12)24-18(28)11-33-17/h1,4-7,9,13H,2-3,8,10-11H2,(H,24,28)(H,25,30)/t13-/m1/s1. The number of carbonyl (C=O) groups excluding carboxylic acids is 2. The summed E-state index contributed by atoms with van der Waals surface area (Å²) in [6.07, 6.45) is -0.0598. The molecule has 2 N–H and O–H groups in total. The maximum Gasteiger partial charge on any atom is 0.414 e. The molecular weight excluding hydrogens is 451 g/mol. The first-order valence-electron chi connectivity index (χ1n) is 10.4. The molecule has 1 saturated heterocycles. The molecule has 2 amide bonds. The van der Waals surface area contributed by atoms with E-state index in [-0.39, 0.29) is 23.4 Å². The van der Waals surface area contributed by atoms with Crippen molar-refractivity contribution < 1.29 is 18.7 Å². The monoisotopic (exact) mass is 470 g/mol. The van der Waals surface area contributed by atoms with E-state index in [4.69, 9.17) is 4.74 Å². The Morgan fingerprint density at radius 2 is 2.00 bits per heavy atom. The highest BCUT2D eigenvalue weighted by molar-refractivity contribution is 8.00. The van der Waals surface area contributed by atoms with Crippen LogP contribution in [0.15, 0.2) is 50.9 Å². The van der Waals surface area contributed by atoms with Gasteiger partial charge in [0, 0.05) is 17.1 Å². The first-order chi connectivity index (χ1) is 15.9. The number of benzene rings is 2. The third-order valence-electron chi connectivity index (χ3n) is 5.66. The van der Waals surface area contributed by atoms with Crippen molar-refractivity contribution in [1.82, 2.24) is 9.55 Å². The SMILES string of the molecule is O=C1CSc2ccc(N3C[C@@H](CCCn4c(=O)[nH]c5c(F)cccc5c4=O)OC3=O)cc2N1. The Hall–Kier alpha value is -3.60. The van der Waals surface area contributed by atoms with Crippen LogP contribution in [0.3, 0.4) is 0 Å². The van der Waals surface area contributed by atoms with E-state index in [0.717, 1.165) is 9.46 Å². The van der Waals surface area contributed by atoms with Gasteiger partial charge >= 0.3 is 11.8 Å². The molecule has 2 aliphatic heterocycles. The number of ether oxygens (including phenoxy) is 1. The number of hydrogen-bond donors (Lipinski definition) is 2. The second-order valence-corrected chi connectivity index (χ2v) is 8.84. The van der Waals surface area contributed by atoms with Gasteiger partial charge in [-0.15, -0.1) is 11.8 Å². The van der Waals surface area contributed by atoms with Crippen molar-refractivity contribution in [3.63, 3.8) is 0 Å². The van der Waals surface area contributed by atoms with Gasteiger partial charge in [0.15, 0.2) is 0 Å². The number of cyclic esters (lactones) is 1. The molecule has 33 heavy (non-hydrogen) atoms. The average molecular weight is 470 g/mol. The van der Waals surface area contributed by atoms with E-state index in [1.54, 1.807) is 12.1 Å². The lowest BCUT2D eigenvalue weighted by Gasteiger charge is -2.20. The molecule has 9 nitrogen and oxygen atoms in total. The second-order valence-electron chi connectivity index (χ2n) is 7.83. The zero-order valence-electron chi connectivity index (χ0n) is 17.3. The lowest BCUT2D eigenvalue weighted by molar-refractivity contribution is -0.113. The number of aromatic amines is 1. The van der Waals surface area contributed by atoms with Gasteiger partial charge in [0.05, 0.1) is 28.9 Å². The van der Waals surface area contributed by atoms with Crippen molar-refractivity contribution in [3.05, 3.63) is 63.1 Å². The summed E-state index contributed by atoms with van der Waals surface area (Å²) in [5.41, 5.74) is -0.0720. The van der Waals surface area contributed by atoms with Crippen molar-refractivity contribution in [3.8, 4) is 0 Å². The van der Waals surface area contributed by atoms with Crippen LogP contribution >= 0.6 is 11.8 Å². The molecule has 2 aliphatic rings.